The van der Waals surface area contributed by atoms with Crippen molar-refractivity contribution in [1.82, 2.24) is 25.3 Å². The Morgan fingerprint density at radius 1 is 0.957 bits per heavy atom. The molecule has 5 rings (SSSR count). The van der Waals surface area contributed by atoms with Crippen LogP contribution in [0.3, 0.4) is 0 Å². The number of likely N-dealkylation sites (tertiary alicyclic amines) is 1. The Bertz CT molecular complexity index is 1390. The maximum atomic E-state index is 13.9. The molecule has 12 nitrogen and oxygen atoms in total. The molecule has 0 aromatic heterocycles. The summed E-state index contributed by atoms with van der Waals surface area (Å²) in [6.07, 6.45) is 2.00. The Labute approximate surface area is 274 Å². The lowest BCUT2D eigenvalue weighted by Gasteiger charge is -2.42. The number of fused-ring (bicyclic) bond motifs is 1. The number of carbonyl (C=O) groups is 4. The van der Waals surface area contributed by atoms with Gasteiger partial charge < -0.3 is 34.6 Å². The smallest absolute Gasteiger partial charge is 0.251 e. The first-order valence-electron chi connectivity index (χ1n) is 16.2. The molecule has 4 amide bonds. The fraction of sp³-hybridized carbons (Fsp3) is 0.529. The van der Waals surface area contributed by atoms with E-state index in [4.69, 9.17) is 14.2 Å². The van der Waals surface area contributed by atoms with Crippen molar-refractivity contribution in [2.75, 3.05) is 66.3 Å². The fourth-order valence-electron chi connectivity index (χ4n) is 6.42. The standard InChI is InChI=1S/C34H44FN5O7/c1-45-29-4-2-3-24(19-29)21-38-13-10-28(11-14-38)40-22-31(41)39-15-9-27(37-33(43)25-5-7-26(35)8-6-25)20-30(39)34(44)36-12-16-46-17-18-47-23-32(40)42/h2-8,19,27-28,30H,9-18,20-23H2,1H3,(H,36,44)(H,37,43)/t27-,30+/m1/s1. The molecule has 2 aromatic carbocycles. The van der Waals surface area contributed by atoms with Crippen molar-refractivity contribution in [3.63, 3.8) is 0 Å². The average Bonchev–Trinajstić information content (AvgIpc) is 3.08. The molecule has 0 saturated carbocycles. The Morgan fingerprint density at radius 3 is 2.49 bits per heavy atom. The van der Waals surface area contributed by atoms with E-state index in [1.54, 1.807) is 12.0 Å². The predicted octanol–water partition coefficient (Wildman–Crippen LogP) is 1.58. The zero-order valence-electron chi connectivity index (χ0n) is 26.8. The quantitative estimate of drug-likeness (QED) is 0.481. The molecule has 0 radical (unpaired) electrons. The highest BCUT2D eigenvalue weighted by atomic mass is 19.1. The third kappa shape index (κ3) is 9.49. The molecule has 0 unspecified atom stereocenters. The van der Waals surface area contributed by atoms with Crippen molar-refractivity contribution in [2.24, 2.45) is 0 Å². The lowest BCUT2D eigenvalue weighted by atomic mass is 9.95. The van der Waals surface area contributed by atoms with Crippen molar-refractivity contribution in [2.45, 2.75) is 50.4 Å². The Balaban J connectivity index is 1.26. The Morgan fingerprint density at radius 2 is 1.72 bits per heavy atom. The van der Waals surface area contributed by atoms with Gasteiger partial charge in [-0.25, -0.2) is 4.39 Å². The molecular formula is C34H44FN5O7. The maximum Gasteiger partial charge on any atom is 0.251 e. The second kappa shape index (κ2) is 16.7. The molecule has 2 N–H and O–H groups in total. The van der Waals surface area contributed by atoms with E-state index in [0.29, 0.717) is 24.8 Å². The molecule has 2 atom stereocenters. The number of piperidine rings is 2. The molecule has 13 heteroatoms. The number of rotatable bonds is 6. The summed E-state index contributed by atoms with van der Waals surface area (Å²) in [7, 11) is 1.65. The van der Waals surface area contributed by atoms with Crippen LogP contribution in [0, 0.1) is 5.82 Å². The van der Waals surface area contributed by atoms with Gasteiger partial charge in [0, 0.05) is 50.4 Å². The summed E-state index contributed by atoms with van der Waals surface area (Å²) in [6, 6.07) is 11.8. The second-order valence-corrected chi connectivity index (χ2v) is 12.1. The topological polar surface area (TPSA) is 130 Å². The van der Waals surface area contributed by atoms with Crippen molar-refractivity contribution >= 4 is 23.6 Å². The molecule has 254 valence electrons. The summed E-state index contributed by atoms with van der Waals surface area (Å²) in [5.74, 6) is -0.969. The van der Waals surface area contributed by atoms with Crippen molar-refractivity contribution in [1.29, 1.82) is 0 Å². The van der Waals surface area contributed by atoms with Gasteiger partial charge in [-0.05, 0) is 67.6 Å². The van der Waals surface area contributed by atoms with Gasteiger partial charge in [-0.2, -0.15) is 0 Å². The third-order valence-electron chi connectivity index (χ3n) is 8.97. The second-order valence-electron chi connectivity index (χ2n) is 12.1. The largest absolute Gasteiger partial charge is 0.497 e. The SMILES string of the molecule is COc1cccc(CN2CCC(N3CC(=O)N4CC[C@@H](NC(=O)c5ccc(F)cc5)C[C@H]4C(=O)NCCOCCOCC3=O)CC2)c1. The third-order valence-corrected chi connectivity index (χ3v) is 8.97. The average molecular weight is 654 g/mol. The van der Waals surface area contributed by atoms with Crippen LogP contribution in [0.4, 0.5) is 4.39 Å². The first-order valence-corrected chi connectivity index (χ1v) is 16.2. The highest BCUT2D eigenvalue weighted by molar-refractivity contribution is 5.95. The van der Waals surface area contributed by atoms with E-state index < -0.39 is 11.9 Å². The highest BCUT2D eigenvalue weighted by Gasteiger charge is 2.39. The van der Waals surface area contributed by atoms with Gasteiger partial charge in [-0.3, -0.25) is 24.1 Å². The number of hydrogen-bond acceptors (Lipinski definition) is 8. The molecule has 3 aliphatic heterocycles. The van der Waals surface area contributed by atoms with Crippen LogP contribution in [0.15, 0.2) is 48.5 Å². The minimum Gasteiger partial charge on any atom is -0.497 e. The van der Waals surface area contributed by atoms with Crippen LogP contribution in [-0.4, -0.2) is 123 Å². The van der Waals surface area contributed by atoms with Crippen molar-refractivity contribution < 1.29 is 37.8 Å². The number of amides is 4. The van der Waals surface area contributed by atoms with E-state index >= 15 is 0 Å². The summed E-state index contributed by atoms with van der Waals surface area (Å²) in [5, 5.41) is 5.79. The molecule has 47 heavy (non-hydrogen) atoms. The van der Waals surface area contributed by atoms with Gasteiger partial charge in [0.25, 0.3) is 5.91 Å². The molecule has 3 fully saturated rings. The number of nitrogens with zero attached hydrogens (tertiary/aromatic N) is 3. The molecular weight excluding hydrogens is 609 g/mol. The lowest BCUT2D eigenvalue weighted by Crippen LogP contribution is -2.60. The summed E-state index contributed by atoms with van der Waals surface area (Å²) >= 11 is 0. The first kappa shape index (κ1) is 34.3. The van der Waals surface area contributed by atoms with Gasteiger partial charge in [-0.15, -0.1) is 0 Å². The molecule has 0 aliphatic carbocycles. The van der Waals surface area contributed by atoms with E-state index in [1.807, 2.05) is 18.2 Å². The summed E-state index contributed by atoms with van der Waals surface area (Å²) < 4.78 is 29.9. The Kier molecular flexibility index (Phi) is 12.1. The molecule has 0 bridgehead atoms. The number of halogens is 1. The number of hydrogen-bond donors (Lipinski definition) is 2. The highest BCUT2D eigenvalue weighted by Crippen LogP contribution is 2.23. The molecule has 3 aliphatic rings. The van der Waals surface area contributed by atoms with Gasteiger partial charge >= 0.3 is 0 Å². The molecule has 3 saturated heterocycles. The van der Waals surface area contributed by atoms with E-state index in [0.717, 1.165) is 30.9 Å². The lowest BCUT2D eigenvalue weighted by molar-refractivity contribution is -0.150. The van der Waals surface area contributed by atoms with Crippen LogP contribution in [0.5, 0.6) is 5.75 Å². The maximum absolute atomic E-state index is 13.9. The normalized spacial score (nSPS) is 22.9. The summed E-state index contributed by atoms with van der Waals surface area (Å²) in [4.78, 5) is 59.2. The summed E-state index contributed by atoms with van der Waals surface area (Å²) in [5.41, 5.74) is 1.44. The van der Waals surface area contributed by atoms with Crippen LogP contribution < -0.4 is 15.4 Å². The minimum absolute atomic E-state index is 0.164. The molecule has 2 aromatic rings. The van der Waals surface area contributed by atoms with Crippen LogP contribution in [0.1, 0.15) is 41.6 Å². The van der Waals surface area contributed by atoms with E-state index in [9.17, 15) is 23.6 Å². The predicted molar refractivity (Wildman–Crippen MR) is 170 cm³/mol. The van der Waals surface area contributed by atoms with Crippen LogP contribution >= 0.6 is 0 Å². The zero-order chi connectivity index (χ0) is 33.2. The molecule has 3 heterocycles. The first-order chi connectivity index (χ1) is 22.8. The van der Waals surface area contributed by atoms with Gasteiger partial charge in [-0.1, -0.05) is 12.1 Å². The minimum atomic E-state index is -0.849. The number of ether oxygens (including phenoxy) is 3. The number of benzene rings is 2. The van der Waals surface area contributed by atoms with E-state index in [1.165, 1.54) is 29.2 Å². The number of carbonyl (C=O) groups excluding carboxylic acids is 4. The number of nitrogens with one attached hydrogen (secondary N) is 2. The number of methoxy groups -OCH3 is 1. The van der Waals surface area contributed by atoms with Gasteiger partial charge in [0.2, 0.25) is 17.7 Å². The Hall–Kier alpha value is -4.07. The van der Waals surface area contributed by atoms with Crippen LogP contribution in [0.25, 0.3) is 0 Å². The molecule has 0 spiro atoms. The van der Waals surface area contributed by atoms with E-state index in [-0.39, 0.29) is 88.2 Å². The van der Waals surface area contributed by atoms with Crippen LogP contribution in [0.2, 0.25) is 0 Å². The van der Waals surface area contributed by atoms with Crippen molar-refractivity contribution in [3.8, 4) is 5.75 Å². The van der Waals surface area contributed by atoms with Crippen molar-refractivity contribution in [3.05, 3.63) is 65.5 Å². The fourth-order valence-corrected chi connectivity index (χ4v) is 6.42. The monoisotopic (exact) mass is 653 g/mol. The van der Waals surface area contributed by atoms with Gasteiger partial charge in [0.15, 0.2) is 0 Å². The van der Waals surface area contributed by atoms with Gasteiger partial charge in [0.1, 0.15) is 30.8 Å². The summed E-state index contributed by atoms with van der Waals surface area (Å²) in [6.45, 7) is 3.09. The van der Waals surface area contributed by atoms with Gasteiger partial charge in [0.05, 0.1) is 26.9 Å². The van der Waals surface area contributed by atoms with Crippen LogP contribution in [-0.2, 0) is 30.4 Å². The zero-order valence-corrected chi connectivity index (χ0v) is 26.8. The van der Waals surface area contributed by atoms with E-state index in [2.05, 4.69) is 21.6 Å².